The van der Waals surface area contributed by atoms with Crippen LogP contribution in [0.3, 0.4) is 0 Å². The van der Waals surface area contributed by atoms with Gasteiger partial charge in [0.25, 0.3) is 0 Å². The third kappa shape index (κ3) is 1.66. The third-order valence-electron chi connectivity index (χ3n) is 3.09. The first-order valence-electron chi connectivity index (χ1n) is 5.57. The van der Waals surface area contributed by atoms with E-state index in [2.05, 4.69) is 31.8 Å². The number of nitrogens with zero attached hydrogens (tertiary/aromatic N) is 4. The van der Waals surface area contributed by atoms with Crippen molar-refractivity contribution in [2.45, 2.75) is 12.5 Å². The van der Waals surface area contributed by atoms with E-state index in [9.17, 15) is 0 Å². The Morgan fingerprint density at radius 2 is 2.06 bits per heavy atom. The van der Waals surface area contributed by atoms with Crippen LogP contribution in [0.2, 0.25) is 0 Å². The highest BCUT2D eigenvalue weighted by atomic mass is 15.3. The zero-order chi connectivity index (χ0) is 10.8. The maximum Gasteiger partial charge on any atom is 0.0710 e. The van der Waals surface area contributed by atoms with Crippen molar-refractivity contribution in [2.75, 3.05) is 18.0 Å². The van der Waals surface area contributed by atoms with Crippen molar-refractivity contribution >= 4 is 5.69 Å². The van der Waals surface area contributed by atoms with Crippen molar-refractivity contribution in [1.82, 2.24) is 14.8 Å². The van der Waals surface area contributed by atoms with Crippen LogP contribution in [-0.4, -0.2) is 27.9 Å². The summed E-state index contributed by atoms with van der Waals surface area (Å²) in [7, 11) is 0. The normalized spacial score (nSPS) is 20.2. The van der Waals surface area contributed by atoms with E-state index in [4.69, 9.17) is 0 Å². The molecule has 1 unspecified atom stereocenters. The van der Waals surface area contributed by atoms with Gasteiger partial charge in [-0.05, 0) is 24.6 Å². The molecule has 0 aliphatic carbocycles. The number of aromatic nitrogens is 3. The van der Waals surface area contributed by atoms with E-state index >= 15 is 0 Å². The van der Waals surface area contributed by atoms with E-state index in [1.165, 1.54) is 5.69 Å². The fourth-order valence-corrected chi connectivity index (χ4v) is 2.24. The van der Waals surface area contributed by atoms with Gasteiger partial charge in [-0.25, -0.2) is 0 Å². The van der Waals surface area contributed by atoms with Crippen LogP contribution in [0.25, 0.3) is 0 Å². The Balaban J connectivity index is 1.74. The van der Waals surface area contributed by atoms with E-state index in [1.807, 2.05) is 30.9 Å². The van der Waals surface area contributed by atoms with Gasteiger partial charge in [0.1, 0.15) is 0 Å². The first kappa shape index (κ1) is 9.39. The summed E-state index contributed by atoms with van der Waals surface area (Å²) in [6.07, 6.45) is 8.73. The fraction of sp³-hybridized carbons (Fsp3) is 0.333. The molecule has 4 heteroatoms. The molecule has 2 aromatic heterocycles. The lowest BCUT2D eigenvalue weighted by atomic mass is 10.3. The predicted molar refractivity (Wildman–Crippen MR) is 62.3 cm³/mol. The van der Waals surface area contributed by atoms with E-state index in [-0.39, 0.29) is 0 Å². The second kappa shape index (κ2) is 3.96. The molecule has 2 aromatic rings. The summed E-state index contributed by atoms with van der Waals surface area (Å²) in [5.41, 5.74) is 1.25. The van der Waals surface area contributed by atoms with Crippen molar-refractivity contribution in [3.8, 4) is 0 Å². The fourth-order valence-electron chi connectivity index (χ4n) is 2.24. The van der Waals surface area contributed by atoms with Crippen molar-refractivity contribution in [3.05, 3.63) is 43.0 Å². The van der Waals surface area contributed by atoms with Gasteiger partial charge >= 0.3 is 0 Å². The van der Waals surface area contributed by atoms with Gasteiger partial charge in [0.15, 0.2) is 0 Å². The molecule has 3 rings (SSSR count). The van der Waals surface area contributed by atoms with Crippen LogP contribution in [0.1, 0.15) is 12.5 Å². The van der Waals surface area contributed by atoms with Crippen LogP contribution in [0.4, 0.5) is 5.69 Å². The predicted octanol–water partition coefficient (Wildman–Crippen LogP) is 1.73. The molecule has 0 amide bonds. The molecule has 0 saturated carbocycles. The molecule has 4 nitrogen and oxygen atoms in total. The van der Waals surface area contributed by atoms with Gasteiger partial charge in [0.05, 0.1) is 6.04 Å². The van der Waals surface area contributed by atoms with Crippen molar-refractivity contribution in [3.63, 3.8) is 0 Å². The average Bonchev–Trinajstić information content (AvgIpc) is 3.01. The van der Waals surface area contributed by atoms with Crippen LogP contribution in [0, 0.1) is 0 Å². The monoisotopic (exact) mass is 214 g/mol. The van der Waals surface area contributed by atoms with Crippen LogP contribution < -0.4 is 4.90 Å². The number of rotatable bonds is 2. The summed E-state index contributed by atoms with van der Waals surface area (Å²) in [5, 5.41) is 4.30. The lowest BCUT2D eigenvalue weighted by molar-refractivity contribution is 0.495. The molecule has 1 saturated heterocycles. The first-order chi connectivity index (χ1) is 7.93. The molecule has 0 spiro atoms. The van der Waals surface area contributed by atoms with Crippen molar-refractivity contribution < 1.29 is 0 Å². The highest BCUT2D eigenvalue weighted by Crippen LogP contribution is 2.25. The zero-order valence-corrected chi connectivity index (χ0v) is 9.03. The van der Waals surface area contributed by atoms with Crippen LogP contribution in [-0.2, 0) is 0 Å². The molecule has 1 aliphatic heterocycles. The molecule has 0 N–H and O–H groups in total. The summed E-state index contributed by atoms with van der Waals surface area (Å²) < 4.78 is 2.06. The van der Waals surface area contributed by atoms with Crippen LogP contribution in [0.5, 0.6) is 0 Å². The van der Waals surface area contributed by atoms with Gasteiger partial charge < -0.3 is 4.90 Å². The summed E-state index contributed by atoms with van der Waals surface area (Å²) in [4.78, 5) is 6.42. The minimum atomic E-state index is 0.503. The van der Waals surface area contributed by atoms with Gasteiger partial charge in [0, 0.05) is 43.6 Å². The Labute approximate surface area is 94.5 Å². The molecule has 0 radical (unpaired) electrons. The highest BCUT2D eigenvalue weighted by Gasteiger charge is 2.23. The molecule has 0 bridgehead atoms. The second-order valence-corrected chi connectivity index (χ2v) is 4.08. The summed E-state index contributed by atoms with van der Waals surface area (Å²) in [5.74, 6) is 0. The molecule has 3 heterocycles. The summed E-state index contributed by atoms with van der Waals surface area (Å²) in [6, 6.07) is 6.61. The number of pyridine rings is 1. The van der Waals surface area contributed by atoms with E-state index in [1.54, 1.807) is 0 Å². The lowest BCUT2D eigenvalue weighted by Crippen LogP contribution is -2.20. The maximum atomic E-state index is 4.30. The molecule has 0 aromatic carbocycles. The molecule has 1 atom stereocenters. The highest BCUT2D eigenvalue weighted by molar-refractivity contribution is 5.45. The quantitative estimate of drug-likeness (QED) is 0.763. The summed E-state index contributed by atoms with van der Waals surface area (Å²) >= 11 is 0. The molecule has 1 fully saturated rings. The van der Waals surface area contributed by atoms with Gasteiger partial charge in [-0.15, -0.1) is 0 Å². The van der Waals surface area contributed by atoms with Gasteiger partial charge in [0.2, 0.25) is 0 Å². The van der Waals surface area contributed by atoms with Crippen LogP contribution in [0.15, 0.2) is 43.0 Å². The number of anilines is 1. The molecular formula is C12H14N4. The largest absolute Gasteiger partial charge is 0.369 e. The van der Waals surface area contributed by atoms with Gasteiger partial charge in [-0.1, -0.05) is 0 Å². The van der Waals surface area contributed by atoms with Gasteiger partial charge in [-0.2, -0.15) is 5.10 Å². The molecule has 16 heavy (non-hydrogen) atoms. The van der Waals surface area contributed by atoms with Crippen LogP contribution >= 0.6 is 0 Å². The first-order valence-corrected chi connectivity index (χ1v) is 5.57. The number of hydrogen-bond acceptors (Lipinski definition) is 3. The topological polar surface area (TPSA) is 34.0 Å². The Morgan fingerprint density at radius 1 is 1.19 bits per heavy atom. The van der Waals surface area contributed by atoms with Crippen molar-refractivity contribution in [1.29, 1.82) is 0 Å². The zero-order valence-electron chi connectivity index (χ0n) is 9.03. The molecule has 1 aliphatic rings. The van der Waals surface area contributed by atoms with E-state index < -0.39 is 0 Å². The summed E-state index contributed by atoms with van der Waals surface area (Å²) in [6.45, 7) is 2.13. The number of hydrogen-bond donors (Lipinski definition) is 0. The minimum absolute atomic E-state index is 0.503. The minimum Gasteiger partial charge on any atom is -0.369 e. The molecular weight excluding hydrogens is 200 g/mol. The SMILES string of the molecule is c1cnn(C2CCN(c3ccncc3)C2)c1. The van der Waals surface area contributed by atoms with Crippen molar-refractivity contribution in [2.24, 2.45) is 0 Å². The Hall–Kier alpha value is -1.84. The smallest absolute Gasteiger partial charge is 0.0710 e. The standard InChI is InChI=1S/C12H14N4/c1-5-14-16(8-1)12-4-9-15(10-12)11-2-6-13-7-3-11/h1-3,5-8,12H,4,9-10H2. The van der Waals surface area contributed by atoms with E-state index in [0.29, 0.717) is 6.04 Å². The Morgan fingerprint density at radius 3 is 2.81 bits per heavy atom. The average molecular weight is 214 g/mol. The third-order valence-corrected chi connectivity index (χ3v) is 3.09. The molecule has 82 valence electrons. The second-order valence-electron chi connectivity index (χ2n) is 4.08. The van der Waals surface area contributed by atoms with E-state index in [0.717, 1.165) is 19.5 Å². The lowest BCUT2D eigenvalue weighted by Gasteiger charge is -2.18. The maximum absolute atomic E-state index is 4.30. The Bertz CT molecular complexity index is 437. The Kier molecular flexibility index (Phi) is 2.33. The van der Waals surface area contributed by atoms with Gasteiger partial charge in [-0.3, -0.25) is 9.67 Å².